The Morgan fingerprint density at radius 2 is 1.15 bits per heavy atom. The summed E-state index contributed by atoms with van der Waals surface area (Å²) in [4.78, 5) is 0. The van der Waals surface area contributed by atoms with E-state index in [2.05, 4.69) is 60.7 Å². The number of amidine groups is 1. The van der Waals surface area contributed by atoms with Crippen molar-refractivity contribution in [1.29, 1.82) is 5.41 Å². The van der Waals surface area contributed by atoms with Crippen LogP contribution in [0.2, 0.25) is 0 Å². The normalized spacial score (nSPS) is 11.6. The number of nitrogens with two attached hydrogens (primary N) is 1. The molecule has 0 saturated carbocycles. The number of hydrogen-bond donors (Lipinski definition) is 2. The first-order valence-electron chi connectivity index (χ1n) is 13.6. The molecule has 0 saturated heterocycles. The van der Waals surface area contributed by atoms with Crippen LogP contribution in [0.25, 0.3) is 77.3 Å². The van der Waals surface area contributed by atoms with Crippen molar-refractivity contribution in [3.05, 3.63) is 133 Å². The Labute approximate surface area is 235 Å². The van der Waals surface area contributed by atoms with E-state index in [4.69, 9.17) is 20.0 Å². The summed E-state index contributed by atoms with van der Waals surface area (Å²) in [5, 5.41) is 12.3. The lowest BCUT2D eigenvalue weighted by Gasteiger charge is -2.09. The van der Waals surface area contributed by atoms with Gasteiger partial charge in [0.2, 0.25) is 0 Å². The molecule has 0 amide bonds. The molecule has 0 aliphatic rings. The topological polar surface area (TPSA) is 76.2 Å². The lowest BCUT2D eigenvalue weighted by molar-refractivity contribution is 0.665. The maximum Gasteiger partial charge on any atom is 0.144 e. The fraction of sp³-hybridized carbons (Fsp3) is 0. The summed E-state index contributed by atoms with van der Waals surface area (Å²) in [6.07, 6.45) is 0. The van der Waals surface area contributed by atoms with E-state index in [-0.39, 0.29) is 5.84 Å². The van der Waals surface area contributed by atoms with Crippen LogP contribution in [0.1, 0.15) is 5.56 Å². The molecule has 0 aliphatic heterocycles. The molecule has 0 fully saturated rings. The number of nitrogens with one attached hydrogen (secondary N) is 1. The molecule has 0 atom stereocenters. The van der Waals surface area contributed by atoms with Gasteiger partial charge in [0, 0.05) is 43.8 Å². The van der Waals surface area contributed by atoms with Crippen LogP contribution >= 0.6 is 0 Å². The summed E-state index contributed by atoms with van der Waals surface area (Å²) in [7, 11) is 0. The Hall–Kier alpha value is -5.61. The first kappa shape index (κ1) is 23.3. The van der Waals surface area contributed by atoms with Crippen LogP contribution < -0.4 is 5.73 Å². The second kappa shape index (κ2) is 8.97. The van der Waals surface area contributed by atoms with Crippen molar-refractivity contribution in [3.8, 4) is 33.4 Å². The minimum absolute atomic E-state index is 0.00225. The number of furan rings is 2. The molecule has 2 aromatic heterocycles. The van der Waals surface area contributed by atoms with Gasteiger partial charge in [0.05, 0.1) is 0 Å². The highest BCUT2D eigenvalue weighted by atomic mass is 16.3. The lowest BCUT2D eigenvalue weighted by atomic mass is 9.93. The fourth-order valence-electron chi connectivity index (χ4n) is 6.01. The van der Waals surface area contributed by atoms with Crippen molar-refractivity contribution < 1.29 is 8.83 Å². The largest absolute Gasteiger partial charge is 0.455 e. The van der Waals surface area contributed by atoms with Gasteiger partial charge in [0.15, 0.2) is 0 Å². The Morgan fingerprint density at radius 3 is 1.93 bits per heavy atom. The smallest absolute Gasteiger partial charge is 0.144 e. The van der Waals surface area contributed by atoms with Crippen LogP contribution in [0.3, 0.4) is 0 Å². The predicted octanol–water partition coefficient (Wildman–Crippen LogP) is 9.77. The molecular formula is C37H24N2O2. The number of fused-ring (bicyclic) bond motifs is 6. The average molecular weight is 529 g/mol. The summed E-state index contributed by atoms with van der Waals surface area (Å²) in [5.74, 6) is -0.00225. The van der Waals surface area contributed by atoms with E-state index in [1.165, 1.54) is 0 Å². The van der Waals surface area contributed by atoms with Gasteiger partial charge in [-0.25, -0.2) is 0 Å². The summed E-state index contributed by atoms with van der Waals surface area (Å²) >= 11 is 0. The maximum atomic E-state index is 8.46. The molecule has 4 nitrogen and oxygen atoms in total. The van der Waals surface area contributed by atoms with E-state index in [0.717, 1.165) is 71.7 Å². The van der Waals surface area contributed by atoms with Gasteiger partial charge in [-0.05, 0) is 47.0 Å². The molecule has 194 valence electrons. The van der Waals surface area contributed by atoms with Crippen LogP contribution in [-0.2, 0) is 0 Å². The molecule has 0 spiro atoms. The highest BCUT2D eigenvalue weighted by Gasteiger charge is 2.23. The maximum absolute atomic E-state index is 8.46. The van der Waals surface area contributed by atoms with Crippen molar-refractivity contribution in [2.45, 2.75) is 0 Å². The van der Waals surface area contributed by atoms with E-state index in [1.807, 2.05) is 66.7 Å². The van der Waals surface area contributed by atoms with Crippen LogP contribution in [0.5, 0.6) is 0 Å². The van der Waals surface area contributed by atoms with E-state index in [9.17, 15) is 0 Å². The van der Waals surface area contributed by atoms with Gasteiger partial charge in [0.25, 0.3) is 0 Å². The zero-order valence-electron chi connectivity index (χ0n) is 22.0. The fourth-order valence-corrected chi connectivity index (χ4v) is 6.01. The van der Waals surface area contributed by atoms with Crippen LogP contribution in [0.4, 0.5) is 0 Å². The molecule has 3 N–H and O–H groups in total. The standard InChI is InChI=1S/C37H24N2O2/c38-37(39)29-19-18-28(27-16-9-15-26-25-14-7-8-17-32(25)40-34(26)27)36-33(29)31-21-24(22-10-3-1-4-11-22)20-30(35(31)41-36)23-12-5-2-6-13-23/h1-21H,(H3,38,39). The number of benzene rings is 6. The van der Waals surface area contributed by atoms with Gasteiger partial charge < -0.3 is 14.6 Å². The Bertz CT molecular complexity index is 2280. The van der Waals surface area contributed by atoms with Gasteiger partial charge in [0.1, 0.15) is 28.2 Å². The highest BCUT2D eigenvalue weighted by Crippen LogP contribution is 2.45. The molecule has 8 aromatic rings. The van der Waals surface area contributed by atoms with Gasteiger partial charge in [-0.3, -0.25) is 5.41 Å². The van der Waals surface area contributed by atoms with Crippen LogP contribution in [0.15, 0.2) is 136 Å². The first-order chi connectivity index (χ1) is 20.2. The third kappa shape index (κ3) is 3.58. The molecule has 4 heteroatoms. The molecule has 0 unspecified atom stereocenters. The van der Waals surface area contributed by atoms with E-state index < -0.39 is 0 Å². The van der Waals surface area contributed by atoms with Crippen molar-refractivity contribution in [2.75, 3.05) is 0 Å². The van der Waals surface area contributed by atoms with Gasteiger partial charge in [-0.15, -0.1) is 0 Å². The number of hydrogen-bond acceptors (Lipinski definition) is 3. The van der Waals surface area contributed by atoms with Gasteiger partial charge in [-0.2, -0.15) is 0 Å². The number of rotatable bonds is 4. The van der Waals surface area contributed by atoms with Crippen molar-refractivity contribution in [3.63, 3.8) is 0 Å². The molecule has 6 aromatic carbocycles. The summed E-state index contributed by atoms with van der Waals surface area (Å²) < 4.78 is 13.2. The zero-order chi connectivity index (χ0) is 27.5. The summed E-state index contributed by atoms with van der Waals surface area (Å²) in [5.41, 5.74) is 16.0. The second-order valence-electron chi connectivity index (χ2n) is 10.3. The molecule has 0 radical (unpaired) electrons. The van der Waals surface area contributed by atoms with Crippen LogP contribution in [0, 0.1) is 5.41 Å². The lowest BCUT2D eigenvalue weighted by Crippen LogP contribution is -2.11. The molecule has 8 rings (SSSR count). The predicted molar refractivity (Wildman–Crippen MR) is 168 cm³/mol. The third-order valence-corrected chi connectivity index (χ3v) is 7.90. The minimum Gasteiger partial charge on any atom is -0.455 e. The Morgan fingerprint density at radius 1 is 0.488 bits per heavy atom. The zero-order valence-corrected chi connectivity index (χ0v) is 22.0. The van der Waals surface area contributed by atoms with Gasteiger partial charge in [-0.1, -0.05) is 97.1 Å². The monoisotopic (exact) mass is 528 g/mol. The molecule has 41 heavy (non-hydrogen) atoms. The number of nitrogen functional groups attached to an aromatic ring is 1. The first-order valence-corrected chi connectivity index (χ1v) is 13.6. The van der Waals surface area contributed by atoms with E-state index >= 15 is 0 Å². The third-order valence-electron chi connectivity index (χ3n) is 7.90. The van der Waals surface area contributed by atoms with Gasteiger partial charge >= 0.3 is 0 Å². The van der Waals surface area contributed by atoms with E-state index in [1.54, 1.807) is 0 Å². The number of para-hydroxylation sites is 2. The minimum atomic E-state index is -0.00225. The average Bonchev–Trinajstić information content (AvgIpc) is 3.60. The SMILES string of the molecule is N=C(N)c1ccc(-c2cccc3c2oc2ccccc23)c2oc3c(-c4ccccc4)cc(-c4ccccc4)cc3c12. The van der Waals surface area contributed by atoms with Crippen molar-refractivity contribution in [2.24, 2.45) is 5.73 Å². The molecule has 2 heterocycles. The quantitative estimate of drug-likeness (QED) is 0.176. The molecule has 0 aliphatic carbocycles. The second-order valence-corrected chi connectivity index (χ2v) is 10.3. The summed E-state index contributed by atoms with van der Waals surface area (Å²) in [6, 6.07) is 43.1. The highest BCUT2D eigenvalue weighted by molar-refractivity contribution is 6.23. The van der Waals surface area contributed by atoms with Crippen LogP contribution in [-0.4, -0.2) is 5.84 Å². The molecule has 0 bridgehead atoms. The Balaban J connectivity index is 1.51. The Kier molecular flexibility index (Phi) is 5.09. The van der Waals surface area contributed by atoms with E-state index in [0.29, 0.717) is 11.1 Å². The summed E-state index contributed by atoms with van der Waals surface area (Å²) in [6.45, 7) is 0. The van der Waals surface area contributed by atoms with Crippen molar-refractivity contribution >= 4 is 49.7 Å². The van der Waals surface area contributed by atoms with Crippen molar-refractivity contribution in [1.82, 2.24) is 0 Å². The molecular weight excluding hydrogens is 504 g/mol.